The molecule has 1 heterocycles. The molecule has 0 unspecified atom stereocenters. The number of sulfonamides is 1. The molecule has 0 aliphatic carbocycles. The van der Waals surface area contributed by atoms with Gasteiger partial charge >= 0.3 is 0 Å². The smallest absolute Gasteiger partial charge is 0.227 e. The summed E-state index contributed by atoms with van der Waals surface area (Å²) in [6.07, 6.45) is 2.65. The maximum atomic E-state index is 12.7. The van der Waals surface area contributed by atoms with E-state index < -0.39 is 10.0 Å². The van der Waals surface area contributed by atoms with Crippen LogP contribution >= 0.6 is 15.9 Å². The zero-order chi connectivity index (χ0) is 21.6. The van der Waals surface area contributed by atoms with Crippen molar-refractivity contribution < 1.29 is 17.9 Å². The van der Waals surface area contributed by atoms with Crippen LogP contribution in [0.15, 0.2) is 65.7 Å². The molecule has 1 aliphatic heterocycles. The zero-order valence-electron chi connectivity index (χ0n) is 16.6. The van der Waals surface area contributed by atoms with Crippen LogP contribution in [0, 0.1) is 5.92 Å². The van der Waals surface area contributed by atoms with E-state index >= 15 is 0 Å². The molecule has 1 aliphatic rings. The molecule has 160 valence electrons. The lowest BCUT2D eigenvalue weighted by Crippen LogP contribution is -2.41. The number of hydrogen-bond acceptors (Lipinski definition) is 4. The van der Waals surface area contributed by atoms with Crippen LogP contribution in [0.5, 0.6) is 5.75 Å². The van der Waals surface area contributed by atoms with Crippen LogP contribution in [0.25, 0.3) is 0 Å². The van der Waals surface area contributed by atoms with Crippen LogP contribution in [-0.4, -0.2) is 38.3 Å². The average Bonchev–Trinajstić information content (AvgIpc) is 2.74. The van der Waals surface area contributed by atoms with Crippen LogP contribution < -0.4 is 10.1 Å². The van der Waals surface area contributed by atoms with Gasteiger partial charge in [-0.25, -0.2) is 12.7 Å². The number of carbonyl (C=O) groups excluding carboxylic acids is 1. The largest absolute Gasteiger partial charge is 0.489 e. The van der Waals surface area contributed by atoms with E-state index in [0.717, 1.165) is 10.0 Å². The Hall–Kier alpha value is -2.16. The third-order valence-electron chi connectivity index (χ3n) is 4.95. The first-order valence-corrected chi connectivity index (χ1v) is 12.1. The first-order chi connectivity index (χ1) is 14.4. The number of hydrogen-bond donors (Lipinski definition) is 1. The van der Waals surface area contributed by atoms with Crippen molar-refractivity contribution >= 4 is 37.5 Å². The summed E-state index contributed by atoms with van der Waals surface area (Å²) >= 11 is 3.35. The lowest BCUT2D eigenvalue weighted by molar-refractivity contribution is -0.120. The number of carbonyl (C=O) groups is 1. The predicted octanol–water partition coefficient (Wildman–Crippen LogP) is 4.19. The number of nitrogens with zero attached hydrogens (tertiary/aromatic N) is 1. The van der Waals surface area contributed by atoms with Gasteiger partial charge in [0.1, 0.15) is 12.4 Å². The molecular formula is C22H25BrN2O4S. The normalized spacial score (nSPS) is 15.5. The zero-order valence-corrected chi connectivity index (χ0v) is 19.0. The Bertz CT molecular complexity index is 984. The first kappa shape index (κ1) is 22.5. The van der Waals surface area contributed by atoms with Gasteiger partial charge in [0.15, 0.2) is 0 Å². The van der Waals surface area contributed by atoms with E-state index in [2.05, 4.69) is 27.8 Å². The number of piperidine rings is 1. The molecule has 2 aromatic carbocycles. The van der Waals surface area contributed by atoms with E-state index in [1.165, 1.54) is 4.31 Å². The fraction of sp³-hybridized carbons (Fsp3) is 0.318. The number of ether oxygens (including phenoxy) is 1. The number of amides is 1. The molecular weight excluding hydrogens is 468 g/mol. The Morgan fingerprint density at radius 1 is 1.20 bits per heavy atom. The summed E-state index contributed by atoms with van der Waals surface area (Å²) in [7, 11) is -3.41. The van der Waals surface area contributed by atoms with Gasteiger partial charge in [0, 0.05) is 35.2 Å². The Morgan fingerprint density at radius 2 is 1.90 bits per heavy atom. The van der Waals surface area contributed by atoms with Gasteiger partial charge < -0.3 is 10.1 Å². The summed E-state index contributed by atoms with van der Waals surface area (Å²) in [6, 6.07) is 14.5. The Balaban J connectivity index is 1.53. The molecule has 1 amide bonds. The van der Waals surface area contributed by atoms with E-state index in [1.807, 2.05) is 24.3 Å². The van der Waals surface area contributed by atoms with Gasteiger partial charge in [-0.05, 0) is 42.7 Å². The molecule has 0 saturated carbocycles. The number of nitrogens with one attached hydrogen (secondary N) is 1. The summed E-state index contributed by atoms with van der Waals surface area (Å²) in [4.78, 5) is 12.6. The van der Waals surface area contributed by atoms with E-state index in [1.54, 1.807) is 30.3 Å². The van der Waals surface area contributed by atoms with Crippen molar-refractivity contribution in [2.45, 2.75) is 18.6 Å². The Kier molecular flexibility index (Phi) is 7.69. The summed E-state index contributed by atoms with van der Waals surface area (Å²) < 4.78 is 33.3. The first-order valence-electron chi connectivity index (χ1n) is 9.74. The highest BCUT2D eigenvalue weighted by Crippen LogP contribution is 2.24. The molecule has 8 heteroatoms. The number of rotatable bonds is 8. The third-order valence-corrected chi connectivity index (χ3v) is 7.33. The third kappa shape index (κ3) is 6.17. The SMILES string of the molecule is C=CCOc1cccc(NC(=O)C2CCN(S(=O)(=O)Cc3ccc(Br)cc3)CC2)c1. The van der Waals surface area contributed by atoms with Crippen molar-refractivity contribution in [3.63, 3.8) is 0 Å². The van der Waals surface area contributed by atoms with Crippen LogP contribution in [0.3, 0.4) is 0 Å². The van der Waals surface area contributed by atoms with Gasteiger partial charge in [0.05, 0.1) is 5.75 Å². The Labute approximate surface area is 186 Å². The molecule has 2 aromatic rings. The maximum Gasteiger partial charge on any atom is 0.227 e. The van der Waals surface area contributed by atoms with E-state index in [0.29, 0.717) is 44.0 Å². The van der Waals surface area contributed by atoms with Crippen LogP contribution in [0.2, 0.25) is 0 Å². The van der Waals surface area contributed by atoms with Gasteiger partial charge in [-0.2, -0.15) is 0 Å². The van der Waals surface area contributed by atoms with Crippen molar-refractivity contribution in [3.8, 4) is 5.75 Å². The lowest BCUT2D eigenvalue weighted by Gasteiger charge is -2.30. The highest BCUT2D eigenvalue weighted by molar-refractivity contribution is 9.10. The van der Waals surface area contributed by atoms with Crippen LogP contribution in [-0.2, 0) is 20.6 Å². The van der Waals surface area contributed by atoms with Gasteiger partial charge in [-0.3, -0.25) is 4.79 Å². The minimum atomic E-state index is -3.41. The second-order valence-electron chi connectivity index (χ2n) is 7.17. The van der Waals surface area contributed by atoms with Gasteiger partial charge in [-0.15, -0.1) is 0 Å². The molecule has 1 N–H and O–H groups in total. The molecule has 1 fully saturated rings. The molecule has 6 nitrogen and oxygen atoms in total. The lowest BCUT2D eigenvalue weighted by atomic mass is 9.97. The highest BCUT2D eigenvalue weighted by Gasteiger charge is 2.31. The molecule has 0 atom stereocenters. The molecule has 0 spiro atoms. The number of halogens is 1. The van der Waals surface area contributed by atoms with Crippen LogP contribution in [0.1, 0.15) is 18.4 Å². The van der Waals surface area contributed by atoms with Crippen molar-refractivity contribution in [1.29, 1.82) is 0 Å². The predicted molar refractivity (Wildman–Crippen MR) is 122 cm³/mol. The van der Waals surface area contributed by atoms with E-state index in [4.69, 9.17) is 4.74 Å². The number of anilines is 1. The second-order valence-corrected chi connectivity index (χ2v) is 10.1. The quantitative estimate of drug-likeness (QED) is 0.560. The summed E-state index contributed by atoms with van der Waals surface area (Å²) in [6.45, 7) is 4.70. The summed E-state index contributed by atoms with van der Waals surface area (Å²) in [5, 5.41) is 2.91. The van der Waals surface area contributed by atoms with Crippen molar-refractivity contribution in [1.82, 2.24) is 4.31 Å². The van der Waals surface area contributed by atoms with Gasteiger partial charge in [0.2, 0.25) is 15.9 Å². The van der Waals surface area contributed by atoms with Crippen molar-refractivity contribution in [3.05, 3.63) is 71.2 Å². The standard InChI is InChI=1S/C22H25BrN2O4S/c1-2-14-29-21-5-3-4-20(15-21)24-22(26)18-10-12-25(13-11-18)30(27,28)16-17-6-8-19(23)9-7-17/h2-9,15,18H,1,10-14,16H2,(H,24,26). The van der Waals surface area contributed by atoms with E-state index in [9.17, 15) is 13.2 Å². The molecule has 0 radical (unpaired) electrons. The molecule has 30 heavy (non-hydrogen) atoms. The molecule has 3 rings (SSSR count). The minimum absolute atomic E-state index is 0.0331. The maximum absolute atomic E-state index is 12.7. The fourth-order valence-electron chi connectivity index (χ4n) is 3.34. The Morgan fingerprint density at radius 3 is 2.57 bits per heavy atom. The summed E-state index contributed by atoms with van der Waals surface area (Å²) in [5.74, 6) is 0.304. The molecule has 1 saturated heterocycles. The summed E-state index contributed by atoms with van der Waals surface area (Å²) in [5.41, 5.74) is 1.41. The molecule has 0 bridgehead atoms. The average molecular weight is 493 g/mol. The monoisotopic (exact) mass is 492 g/mol. The minimum Gasteiger partial charge on any atom is -0.489 e. The second kappa shape index (κ2) is 10.2. The highest BCUT2D eigenvalue weighted by atomic mass is 79.9. The van der Waals surface area contributed by atoms with Crippen LogP contribution in [0.4, 0.5) is 5.69 Å². The topological polar surface area (TPSA) is 75.7 Å². The number of benzene rings is 2. The van der Waals surface area contributed by atoms with Crippen molar-refractivity contribution in [2.75, 3.05) is 25.0 Å². The fourth-order valence-corrected chi connectivity index (χ4v) is 5.17. The van der Waals surface area contributed by atoms with Crippen molar-refractivity contribution in [2.24, 2.45) is 5.92 Å². The van der Waals surface area contributed by atoms with E-state index in [-0.39, 0.29) is 17.6 Å². The van der Waals surface area contributed by atoms with Gasteiger partial charge in [0.25, 0.3) is 0 Å². The molecule has 0 aromatic heterocycles. The van der Waals surface area contributed by atoms with Gasteiger partial charge in [-0.1, -0.05) is 46.8 Å².